The van der Waals surface area contributed by atoms with Crippen LogP contribution >= 0.6 is 11.8 Å². The molecule has 0 spiro atoms. The summed E-state index contributed by atoms with van der Waals surface area (Å²) in [6.07, 6.45) is 3.25. The number of nitrogens with zero attached hydrogens (tertiary/aromatic N) is 2. The van der Waals surface area contributed by atoms with Gasteiger partial charge in [0.15, 0.2) is 0 Å². The maximum absolute atomic E-state index is 5.43. The lowest BCUT2D eigenvalue weighted by Crippen LogP contribution is -2.10. The lowest BCUT2D eigenvalue weighted by Gasteiger charge is -2.12. The summed E-state index contributed by atoms with van der Waals surface area (Å²) >= 11 is 1.46. The second kappa shape index (κ2) is 7.00. The fraction of sp³-hybridized carbons (Fsp3) is 0.125. The molecule has 2 heterocycles. The van der Waals surface area contributed by atoms with Crippen molar-refractivity contribution in [2.24, 2.45) is 10.1 Å². The number of amidine groups is 1. The van der Waals surface area contributed by atoms with Gasteiger partial charge >= 0.3 is 0 Å². The Morgan fingerprint density at radius 3 is 2.82 bits per heavy atom. The van der Waals surface area contributed by atoms with E-state index in [2.05, 4.69) is 15.5 Å². The highest BCUT2D eigenvalue weighted by Gasteiger charge is 2.08. The summed E-state index contributed by atoms with van der Waals surface area (Å²) < 4.78 is 10.6. The second-order valence-corrected chi connectivity index (χ2v) is 5.22. The van der Waals surface area contributed by atoms with Crippen LogP contribution in [0.2, 0.25) is 0 Å². The fourth-order valence-electron chi connectivity index (χ4n) is 1.85. The van der Waals surface area contributed by atoms with Crippen LogP contribution < -0.4 is 10.2 Å². The van der Waals surface area contributed by atoms with Crippen LogP contribution in [0.25, 0.3) is 5.70 Å². The van der Waals surface area contributed by atoms with Crippen molar-refractivity contribution < 1.29 is 9.15 Å². The Hall–Kier alpha value is -2.47. The van der Waals surface area contributed by atoms with Crippen molar-refractivity contribution in [3.8, 4) is 5.75 Å². The molecule has 1 aromatic heterocycles. The third-order valence-electron chi connectivity index (χ3n) is 2.88. The smallest absolute Gasteiger partial charge is 0.211 e. The van der Waals surface area contributed by atoms with E-state index in [1.807, 2.05) is 48.7 Å². The summed E-state index contributed by atoms with van der Waals surface area (Å²) in [5.74, 6) is 1.56. The van der Waals surface area contributed by atoms with Gasteiger partial charge in [0.05, 0.1) is 24.8 Å². The van der Waals surface area contributed by atoms with Gasteiger partial charge in [-0.1, -0.05) is 11.8 Å². The predicted octanol–water partition coefficient (Wildman–Crippen LogP) is 3.70. The molecule has 1 N–H and O–H groups in total. The summed E-state index contributed by atoms with van der Waals surface area (Å²) in [6, 6.07) is 11.5. The van der Waals surface area contributed by atoms with Crippen molar-refractivity contribution in [3.63, 3.8) is 0 Å². The van der Waals surface area contributed by atoms with Crippen molar-refractivity contribution >= 4 is 28.8 Å². The van der Waals surface area contributed by atoms with Crippen molar-refractivity contribution in [1.82, 2.24) is 5.43 Å². The average molecular weight is 313 g/mol. The number of thioether (sulfide) groups is 1. The average Bonchev–Trinajstić information content (AvgIpc) is 3.08. The molecule has 1 aliphatic heterocycles. The summed E-state index contributed by atoms with van der Waals surface area (Å²) in [5.41, 5.74) is 5.00. The molecule has 0 fully saturated rings. The summed E-state index contributed by atoms with van der Waals surface area (Å²) in [7, 11) is 0. The number of nitrogens with one attached hydrogen (secondary N) is 1. The number of ether oxygens (including phenoxy) is 1. The Balaban J connectivity index is 1.62. The number of benzene rings is 1. The molecule has 0 atom stereocenters. The van der Waals surface area contributed by atoms with Gasteiger partial charge in [0.1, 0.15) is 11.5 Å². The van der Waals surface area contributed by atoms with Crippen LogP contribution in [0.15, 0.2) is 62.6 Å². The zero-order valence-corrected chi connectivity index (χ0v) is 12.8. The Bertz CT molecular complexity index is 704. The van der Waals surface area contributed by atoms with Crippen LogP contribution in [0, 0.1) is 0 Å². The van der Waals surface area contributed by atoms with Crippen LogP contribution in [-0.4, -0.2) is 18.0 Å². The van der Waals surface area contributed by atoms with E-state index in [0.717, 1.165) is 17.0 Å². The van der Waals surface area contributed by atoms with Crippen LogP contribution in [0.1, 0.15) is 18.2 Å². The van der Waals surface area contributed by atoms with E-state index >= 15 is 0 Å². The van der Waals surface area contributed by atoms with E-state index in [4.69, 9.17) is 9.15 Å². The van der Waals surface area contributed by atoms with E-state index in [1.54, 1.807) is 12.5 Å². The molecule has 0 saturated heterocycles. The maximum atomic E-state index is 5.43. The normalized spacial score (nSPS) is 14.4. The highest BCUT2D eigenvalue weighted by Crippen LogP contribution is 2.23. The maximum Gasteiger partial charge on any atom is 0.211 e. The number of hydrazone groups is 1. The Morgan fingerprint density at radius 2 is 2.18 bits per heavy atom. The molecule has 0 radical (unpaired) electrons. The zero-order chi connectivity index (χ0) is 15.2. The molecule has 1 aromatic carbocycles. The third kappa shape index (κ3) is 3.59. The first-order valence-electron chi connectivity index (χ1n) is 6.86. The topological polar surface area (TPSA) is 59.1 Å². The number of rotatable bonds is 4. The molecule has 0 bridgehead atoms. The lowest BCUT2D eigenvalue weighted by molar-refractivity contribution is 0.340. The minimum atomic E-state index is 0.631. The van der Waals surface area contributed by atoms with Gasteiger partial charge in [-0.05, 0) is 43.3 Å². The minimum absolute atomic E-state index is 0.631. The monoisotopic (exact) mass is 313 g/mol. The van der Waals surface area contributed by atoms with Crippen LogP contribution in [-0.2, 0) is 0 Å². The van der Waals surface area contributed by atoms with E-state index in [9.17, 15) is 0 Å². The van der Waals surface area contributed by atoms with Gasteiger partial charge in [0.2, 0.25) is 5.17 Å². The molecule has 112 valence electrons. The first-order chi connectivity index (χ1) is 10.8. The summed E-state index contributed by atoms with van der Waals surface area (Å²) in [6.45, 7) is 2.63. The molecular formula is C16H15N3O2S. The molecule has 0 aliphatic carbocycles. The van der Waals surface area contributed by atoms with Gasteiger partial charge in [0.25, 0.3) is 0 Å². The van der Waals surface area contributed by atoms with Gasteiger partial charge in [0, 0.05) is 11.0 Å². The second-order valence-electron chi connectivity index (χ2n) is 4.39. The third-order valence-corrected chi connectivity index (χ3v) is 3.64. The predicted molar refractivity (Wildman–Crippen MR) is 90.1 cm³/mol. The van der Waals surface area contributed by atoms with E-state index in [0.29, 0.717) is 17.5 Å². The molecule has 22 heavy (non-hydrogen) atoms. The summed E-state index contributed by atoms with van der Waals surface area (Å²) in [4.78, 5) is 4.26. The molecule has 6 heteroatoms. The number of hydrogen-bond donors (Lipinski definition) is 1. The molecule has 0 saturated carbocycles. The standard InChI is InChI=1S/C16H15N3O2S/c1-2-20-13-7-5-12(6-8-13)15-11-22-16(19-18-15)17-10-14-4-3-9-21-14/h3-11,18H,2H2,1H3/b17-10+. The largest absolute Gasteiger partial charge is 0.494 e. The summed E-state index contributed by atoms with van der Waals surface area (Å²) in [5, 5.41) is 6.85. The first-order valence-corrected chi connectivity index (χ1v) is 7.74. The van der Waals surface area contributed by atoms with Crippen LogP contribution in [0.5, 0.6) is 5.75 Å². The highest BCUT2D eigenvalue weighted by atomic mass is 32.2. The van der Waals surface area contributed by atoms with Crippen LogP contribution in [0.4, 0.5) is 0 Å². The lowest BCUT2D eigenvalue weighted by atomic mass is 10.2. The Labute approximate surface area is 132 Å². The minimum Gasteiger partial charge on any atom is -0.494 e. The van der Waals surface area contributed by atoms with Gasteiger partial charge in [-0.3, -0.25) is 5.43 Å². The van der Waals surface area contributed by atoms with E-state index in [1.165, 1.54) is 11.8 Å². The number of aliphatic imine (C=N–C) groups is 1. The molecule has 0 amide bonds. The van der Waals surface area contributed by atoms with Crippen molar-refractivity contribution in [2.45, 2.75) is 6.92 Å². The van der Waals surface area contributed by atoms with Gasteiger partial charge < -0.3 is 9.15 Å². The first kappa shape index (κ1) is 14.5. The highest BCUT2D eigenvalue weighted by molar-refractivity contribution is 8.16. The molecule has 1 aliphatic rings. The quantitative estimate of drug-likeness (QED) is 0.874. The molecule has 0 unspecified atom stereocenters. The Kier molecular flexibility index (Phi) is 4.60. The van der Waals surface area contributed by atoms with E-state index < -0.39 is 0 Å². The molecule has 2 aromatic rings. The van der Waals surface area contributed by atoms with Crippen molar-refractivity contribution in [3.05, 3.63) is 59.4 Å². The van der Waals surface area contributed by atoms with E-state index in [-0.39, 0.29) is 0 Å². The number of hydrogen-bond acceptors (Lipinski definition) is 6. The van der Waals surface area contributed by atoms with Crippen LogP contribution in [0.3, 0.4) is 0 Å². The van der Waals surface area contributed by atoms with Gasteiger partial charge in [-0.2, -0.15) is 0 Å². The zero-order valence-electron chi connectivity index (χ0n) is 12.0. The van der Waals surface area contributed by atoms with Crippen molar-refractivity contribution in [2.75, 3.05) is 6.61 Å². The number of furan rings is 1. The van der Waals surface area contributed by atoms with Gasteiger partial charge in [-0.15, -0.1) is 5.10 Å². The fourth-order valence-corrected chi connectivity index (χ4v) is 2.47. The molecule has 5 nitrogen and oxygen atoms in total. The SMILES string of the molecule is CCOc1ccc(C2=CSC(/N=C/c3ccco3)=NN2)cc1. The molecule has 3 rings (SSSR count). The van der Waals surface area contributed by atoms with Gasteiger partial charge in [-0.25, -0.2) is 4.99 Å². The van der Waals surface area contributed by atoms with Crippen molar-refractivity contribution in [1.29, 1.82) is 0 Å². The molecular weight excluding hydrogens is 298 g/mol. The Morgan fingerprint density at radius 1 is 1.32 bits per heavy atom.